The zero-order valence-electron chi connectivity index (χ0n) is 14.7. The second-order valence-corrected chi connectivity index (χ2v) is 7.64. The van der Waals surface area contributed by atoms with Crippen LogP contribution in [0.1, 0.15) is 30.1 Å². The van der Waals surface area contributed by atoms with Gasteiger partial charge in [0.1, 0.15) is 24.0 Å². The first-order valence-electron chi connectivity index (χ1n) is 7.99. The predicted octanol–water partition coefficient (Wildman–Crippen LogP) is -0.832. The molecule has 1 aromatic carbocycles. The maximum Gasteiger partial charge on any atom is 0.276 e. The van der Waals surface area contributed by atoms with Crippen LogP contribution >= 0.6 is 0 Å². The Bertz CT molecular complexity index is 894. The first kappa shape index (κ1) is 21.0. The second-order valence-electron chi connectivity index (χ2n) is 5.98. The molecule has 0 unspecified atom stereocenters. The first-order valence-corrected chi connectivity index (χ1v) is 9.47. The van der Waals surface area contributed by atoms with Crippen LogP contribution in [-0.4, -0.2) is 63.3 Å². The smallest absolute Gasteiger partial charge is 0.276 e. The molecular weight excluding hydrogens is 376 g/mol. The zero-order valence-corrected chi connectivity index (χ0v) is 15.6. The standard InChI is InChI=1S/C16H22N4O6S/c1-9-3-5-11(6-4-9)27(25,26)20-19-10(2)16-17-7-12(18-16)14(23)15(24)13(22)8-21/h3-7,13-15,20-24H,8H2,1-2H3,(H,17,18)/b19-10-/t13-,14-,15-/m1/s1. The number of aliphatic hydroxyl groups excluding tert-OH is 4. The Balaban J connectivity index is 2.12. The number of H-pyrrole nitrogens is 1. The maximum absolute atomic E-state index is 12.2. The van der Waals surface area contributed by atoms with Gasteiger partial charge in [-0.3, -0.25) is 0 Å². The van der Waals surface area contributed by atoms with Crippen molar-refractivity contribution in [2.75, 3.05) is 6.61 Å². The van der Waals surface area contributed by atoms with Gasteiger partial charge in [-0.2, -0.15) is 18.4 Å². The van der Waals surface area contributed by atoms with Crippen molar-refractivity contribution in [1.82, 2.24) is 14.8 Å². The number of hydrogen-bond acceptors (Lipinski definition) is 8. The molecule has 0 saturated carbocycles. The lowest BCUT2D eigenvalue weighted by molar-refractivity contribution is -0.0788. The third-order valence-electron chi connectivity index (χ3n) is 3.83. The van der Waals surface area contributed by atoms with E-state index in [1.54, 1.807) is 12.1 Å². The normalized spacial score (nSPS) is 16.0. The molecule has 27 heavy (non-hydrogen) atoms. The monoisotopic (exact) mass is 398 g/mol. The number of nitrogens with one attached hydrogen (secondary N) is 2. The van der Waals surface area contributed by atoms with Gasteiger partial charge in [-0.05, 0) is 26.0 Å². The van der Waals surface area contributed by atoms with E-state index in [4.69, 9.17) is 5.11 Å². The van der Waals surface area contributed by atoms with E-state index in [-0.39, 0.29) is 22.1 Å². The van der Waals surface area contributed by atoms with E-state index in [1.807, 2.05) is 6.92 Å². The van der Waals surface area contributed by atoms with E-state index < -0.39 is 34.9 Å². The molecule has 0 saturated heterocycles. The predicted molar refractivity (Wildman–Crippen MR) is 96.4 cm³/mol. The van der Waals surface area contributed by atoms with Gasteiger partial charge in [-0.1, -0.05) is 17.7 Å². The number of nitrogens with zero attached hydrogens (tertiary/aromatic N) is 2. The number of sulfonamides is 1. The number of hydrogen-bond donors (Lipinski definition) is 6. The van der Waals surface area contributed by atoms with Crippen LogP contribution in [0, 0.1) is 6.92 Å². The molecule has 0 aliphatic rings. The Morgan fingerprint density at radius 1 is 1.26 bits per heavy atom. The van der Waals surface area contributed by atoms with Crippen LogP contribution in [0.3, 0.4) is 0 Å². The van der Waals surface area contributed by atoms with Crippen LogP contribution in [0.25, 0.3) is 0 Å². The van der Waals surface area contributed by atoms with E-state index in [0.717, 1.165) is 5.56 Å². The Morgan fingerprint density at radius 2 is 1.89 bits per heavy atom. The molecule has 2 rings (SSSR count). The van der Waals surface area contributed by atoms with Crippen LogP contribution in [0.15, 0.2) is 40.5 Å². The number of aromatic amines is 1. The third kappa shape index (κ3) is 5.11. The third-order valence-corrected chi connectivity index (χ3v) is 5.05. The van der Waals surface area contributed by atoms with Crippen molar-refractivity contribution in [3.05, 3.63) is 47.5 Å². The first-order chi connectivity index (χ1) is 12.7. The molecule has 0 fully saturated rings. The number of aryl methyl sites for hydroxylation is 1. The van der Waals surface area contributed by atoms with Gasteiger partial charge in [0.05, 0.1) is 23.4 Å². The number of imidazole rings is 1. The molecule has 148 valence electrons. The highest BCUT2D eigenvalue weighted by atomic mass is 32.2. The summed E-state index contributed by atoms with van der Waals surface area (Å²) in [6, 6.07) is 6.24. The van der Waals surface area contributed by atoms with Crippen molar-refractivity contribution >= 4 is 15.7 Å². The Labute approximate surface area is 156 Å². The van der Waals surface area contributed by atoms with E-state index >= 15 is 0 Å². The van der Waals surface area contributed by atoms with Gasteiger partial charge >= 0.3 is 0 Å². The van der Waals surface area contributed by atoms with Gasteiger partial charge in [0.15, 0.2) is 5.82 Å². The lowest BCUT2D eigenvalue weighted by atomic mass is 10.1. The average Bonchev–Trinajstić information content (AvgIpc) is 3.15. The van der Waals surface area contributed by atoms with Crippen molar-refractivity contribution in [1.29, 1.82) is 0 Å². The molecule has 0 aliphatic heterocycles. The van der Waals surface area contributed by atoms with Gasteiger partial charge < -0.3 is 25.4 Å². The molecule has 0 amide bonds. The molecular formula is C16H22N4O6S. The summed E-state index contributed by atoms with van der Waals surface area (Å²) >= 11 is 0. The summed E-state index contributed by atoms with van der Waals surface area (Å²) in [7, 11) is -3.85. The quantitative estimate of drug-likeness (QED) is 0.249. The van der Waals surface area contributed by atoms with Gasteiger partial charge in [0, 0.05) is 0 Å². The van der Waals surface area contributed by atoms with Crippen molar-refractivity contribution < 1.29 is 28.8 Å². The molecule has 1 aromatic heterocycles. The highest BCUT2D eigenvalue weighted by molar-refractivity contribution is 7.89. The summed E-state index contributed by atoms with van der Waals surface area (Å²) in [5.74, 6) is 0.154. The molecule has 6 N–H and O–H groups in total. The summed E-state index contributed by atoms with van der Waals surface area (Å²) in [6.07, 6.45) is -3.46. The molecule has 11 heteroatoms. The van der Waals surface area contributed by atoms with E-state index in [2.05, 4.69) is 19.9 Å². The number of aromatic nitrogens is 2. The molecule has 0 radical (unpaired) electrons. The van der Waals surface area contributed by atoms with Gasteiger partial charge in [0.25, 0.3) is 10.0 Å². The van der Waals surface area contributed by atoms with Crippen LogP contribution in [-0.2, 0) is 10.0 Å². The van der Waals surface area contributed by atoms with Crippen molar-refractivity contribution in [3.8, 4) is 0 Å². The summed E-state index contributed by atoms with van der Waals surface area (Å²) in [6.45, 7) is 2.61. The minimum absolute atomic E-state index is 0.0568. The van der Waals surface area contributed by atoms with Crippen LogP contribution in [0.5, 0.6) is 0 Å². The van der Waals surface area contributed by atoms with Crippen molar-refractivity contribution in [2.24, 2.45) is 5.10 Å². The lowest BCUT2D eigenvalue weighted by Crippen LogP contribution is -2.34. The summed E-state index contributed by atoms with van der Waals surface area (Å²) < 4.78 is 24.4. The lowest BCUT2D eigenvalue weighted by Gasteiger charge is -2.20. The average molecular weight is 398 g/mol. The number of aliphatic hydroxyl groups is 4. The van der Waals surface area contributed by atoms with E-state index in [0.29, 0.717) is 0 Å². The Morgan fingerprint density at radius 3 is 2.48 bits per heavy atom. The molecule has 1 heterocycles. The summed E-state index contributed by atoms with van der Waals surface area (Å²) in [4.78, 5) is 8.78. The maximum atomic E-state index is 12.2. The molecule has 3 atom stereocenters. The van der Waals surface area contributed by atoms with Crippen LogP contribution in [0.4, 0.5) is 0 Å². The number of benzene rings is 1. The Kier molecular flexibility index (Phi) is 6.68. The minimum Gasteiger partial charge on any atom is -0.394 e. The highest BCUT2D eigenvalue weighted by Crippen LogP contribution is 2.17. The van der Waals surface area contributed by atoms with E-state index in [9.17, 15) is 23.7 Å². The summed E-state index contributed by atoms with van der Waals surface area (Å²) in [5, 5.41) is 41.7. The summed E-state index contributed by atoms with van der Waals surface area (Å²) in [5.41, 5.74) is 1.17. The van der Waals surface area contributed by atoms with Gasteiger partial charge in [-0.15, -0.1) is 0 Å². The largest absolute Gasteiger partial charge is 0.394 e. The number of hydrazone groups is 1. The van der Waals surface area contributed by atoms with Crippen LogP contribution in [0.2, 0.25) is 0 Å². The highest BCUT2D eigenvalue weighted by Gasteiger charge is 2.27. The van der Waals surface area contributed by atoms with E-state index in [1.165, 1.54) is 25.3 Å². The SMILES string of the molecule is C/C(=N/NS(=O)(=O)c1ccc(C)cc1)c1ncc([C@@H](O)[C@H](O)[C@H](O)CO)[nH]1. The fourth-order valence-electron chi connectivity index (χ4n) is 2.12. The number of rotatable bonds is 8. The van der Waals surface area contributed by atoms with Gasteiger partial charge in [0.2, 0.25) is 0 Å². The zero-order chi connectivity index (χ0) is 20.2. The second kappa shape index (κ2) is 8.59. The molecule has 0 aliphatic carbocycles. The fourth-order valence-corrected chi connectivity index (χ4v) is 2.98. The van der Waals surface area contributed by atoms with Crippen molar-refractivity contribution in [3.63, 3.8) is 0 Å². The minimum atomic E-state index is -3.85. The molecule has 10 nitrogen and oxygen atoms in total. The topological polar surface area (TPSA) is 168 Å². The molecule has 0 spiro atoms. The van der Waals surface area contributed by atoms with Crippen molar-refractivity contribution in [2.45, 2.75) is 37.1 Å². The Hall–Kier alpha value is -2.31. The molecule has 0 bridgehead atoms. The van der Waals surface area contributed by atoms with Crippen LogP contribution < -0.4 is 4.83 Å². The molecule has 2 aromatic rings. The fraction of sp³-hybridized carbons (Fsp3) is 0.375. The van der Waals surface area contributed by atoms with Gasteiger partial charge in [-0.25, -0.2) is 4.98 Å².